The molecule has 0 aromatic heterocycles. The van der Waals surface area contributed by atoms with Crippen LogP contribution in [-0.4, -0.2) is 87.2 Å². The lowest BCUT2D eigenvalue weighted by atomic mass is 10.0. The van der Waals surface area contributed by atoms with E-state index in [9.17, 15) is 28.8 Å². The molecule has 1 aliphatic heterocycles. The third-order valence-corrected chi connectivity index (χ3v) is 5.96. The normalized spacial score (nSPS) is 17.0. The SMILES string of the molecule is C.C=CC(=O)OCCCCC(=O)OCC1C[C@H](OC(=O)CCCCOC(=O)C=C)[C@H](OC(=O)CCCCOC(=O)C=C)CO1. The van der Waals surface area contributed by atoms with Crippen LogP contribution in [0.5, 0.6) is 0 Å². The van der Waals surface area contributed by atoms with E-state index in [1.807, 2.05) is 0 Å². The average molecular weight is 627 g/mol. The number of carbonyl (C=O) groups is 6. The fourth-order valence-corrected chi connectivity index (χ4v) is 3.69. The second-order valence-corrected chi connectivity index (χ2v) is 9.42. The summed E-state index contributed by atoms with van der Waals surface area (Å²) in [5.41, 5.74) is 0. The monoisotopic (exact) mass is 626 g/mol. The topological polar surface area (TPSA) is 167 Å². The van der Waals surface area contributed by atoms with Gasteiger partial charge in [-0.05, 0) is 38.5 Å². The minimum absolute atomic E-state index is 0. The van der Waals surface area contributed by atoms with Crippen molar-refractivity contribution in [1.82, 2.24) is 0 Å². The Morgan fingerprint density at radius 2 is 1.00 bits per heavy atom. The number of carbonyl (C=O) groups excluding carboxylic acids is 6. The first-order valence-corrected chi connectivity index (χ1v) is 14.2. The zero-order valence-electron chi connectivity index (χ0n) is 24.5. The number of ether oxygens (including phenoxy) is 7. The van der Waals surface area contributed by atoms with Gasteiger partial charge in [-0.25, -0.2) is 14.4 Å². The van der Waals surface area contributed by atoms with Crippen molar-refractivity contribution in [2.45, 2.75) is 89.9 Å². The predicted molar refractivity (Wildman–Crippen MR) is 157 cm³/mol. The molecule has 1 unspecified atom stereocenters. The third-order valence-electron chi connectivity index (χ3n) is 5.96. The molecule has 0 aromatic carbocycles. The van der Waals surface area contributed by atoms with Gasteiger partial charge in [0.25, 0.3) is 0 Å². The second kappa shape index (κ2) is 24.4. The molecule has 1 saturated heterocycles. The summed E-state index contributed by atoms with van der Waals surface area (Å²) in [5, 5.41) is 0. The maximum atomic E-state index is 12.5. The van der Waals surface area contributed by atoms with Crippen LogP contribution in [0.3, 0.4) is 0 Å². The fourth-order valence-electron chi connectivity index (χ4n) is 3.69. The van der Waals surface area contributed by atoms with E-state index < -0.39 is 54.1 Å². The molecular weight excluding hydrogens is 580 g/mol. The van der Waals surface area contributed by atoms with Gasteiger partial charge >= 0.3 is 35.8 Å². The van der Waals surface area contributed by atoms with Crippen molar-refractivity contribution in [2.24, 2.45) is 0 Å². The molecule has 0 amide bonds. The van der Waals surface area contributed by atoms with Crippen LogP contribution in [0.15, 0.2) is 38.0 Å². The van der Waals surface area contributed by atoms with Gasteiger partial charge in [0.2, 0.25) is 0 Å². The summed E-state index contributed by atoms with van der Waals surface area (Å²) in [7, 11) is 0. The van der Waals surface area contributed by atoms with Gasteiger partial charge < -0.3 is 33.2 Å². The average Bonchev–Trinajstić information content (AvgIpc) is 2.99. The van der Waals surface area contributed by atoms with Gasteiger partial charge in [-0.3, -0.25) is 14.4 Å². The molecule has 0 N–H and O–H groups in total. The van der Waals surface area contributed by atoms with Crippen LogP contribution < -0.4 is 0 Å². The first kappa shape index (κ1) is 40.0. The zero-order chi connectivity index (χ0) is 31.9. The van der Waals surface area contributed by atoms with E-state index in [-0.39, 0.29) is 66.1 Å². The standard InChI is InChI=1S/C30H42O13.CH4/c1-4-25(31)37-16-10-7-13-28(34)41-20-22-19-23(42-29(35)14-8-11-17-38-26(32)5-2)24(21-40-22)43-30(36)15-9-12-18-39-27(33)6-3;/h4-6,22-24H,1-3,7-21H2;1H4/t22?,23-,24+;/m0./s1. The largest absolute Gasteiger partial charge is 0.463 e. The van der Waals surface area contributed by atoms with Gasteiger partial charge in [-0.2, -0.15) is 0 Å². The summed E-state index contributed by atoms with van der Waals surface area (Å²) in [5.74, 6) is -3.14. The summed E-state index contributed by atoms with van der Waals surface area (Å²) in [6.45, 7) is 10.2. The van der Waals surface area contributed by atoms with Gasteiger partial charge in [0.1, 0.15) is 12.7 Å². The first-order chi connectivity index (χ1) is 20.7. The number of esters is 6. The lowest BCUT2D eigenvalue weighted by molar-refractivity contribution is -0.194. The summed E-state index contributed by atoms with van der Waals surface area (Å²) in [6.07, 6.45) is 3.86. The van der Waals surface area contributed by atoms with E-state index in [0.717, 1.165) is 18.2 Å². The molecule has 0 aromatic rings. The first-order valence-electron chi connectivity index (χ1n) is 14.2. The van der Waals surface area contributed by atoms with Crippen LogP contribution in [-0.2, 0) is 61.9 Å². The van der Waals surface area contributed by atoms with Crippen LogP contribution in [0.2, 0.25) is 0 Å². The van der Waals surface area contributed by atoms with Gasteiger partial charge in [-0.15, -0.1) is 0 Å². The minimum Gasteiger partial charge on any atom is -0.463 e. The Morgan fingerprint density at radius 3 is 1.43 bits per heavy atom. The Morgan fingerprint density at radius 1 is 0.591 bits per heavy atom. The molecule has 1 heterocycles. The summed E-state index contributed by atoms with van der Waals surface area (Å²) in [4.78, 5) is 70.3. The highest BCUT2D eigenvalue weighted by Crippen LogP contribution is 2.22. The predicted octanol–water partition coefficient (Wildman–Crippen LogP) is 3.48. The van der Waals surface area contributed by atoms with E-state index >= 15 is 0 Å². The molecule has 44 heavy (non-hydrogen) atoms. The van der Waals surface area contributed by atoms with Gasteiger partial charge in [0, 0.05) is 43.9 Å². The minimum atomic E-state index is -0.867. The highest BCUT2D eigenvalue weighted by atomic mass is 16.6. The van der Waals surface area contributed by atoms with Crippen LogP contribution in [0.1, 0.15) is 71.6 Å². The van der Waals surface area contributed by atoms with E-state index in [1.54, 1.807) is 0 Å². The number of rotatable bonds is 22. The third kappa shape index (κ3) is 19.2. The van der Waals surface area contributed by atoms with Crippen molar-refractivity contribution in [1.29, 1.82) is 0 Å². The Kier molecular flexibility index (Phi) is 22.2. The molecule has 0 aliphatic carbocycles. The second-order valence-electron chi connectivity index (χ2n) is 9.42. The van der Waals surface area contributed by atoms with Crippen LogP contribution >= 0.6 is 0 Å². The van der Waals surface area contributed by atoms with Gasteiger partial charge in [0.15, 0.2) is 6.10 Å². The Bertz CT molecular complexity index is 958. The zero-order valence-corrected chi connectivity index (χ0v) is 24.5. The van der Waals surface area contributed by atoms with Crippen molar-refractivity contribution < 1.29 is 61.9 Å². The summed E-state index contributed by atoms with van der Waals surface area (Å²) >= 11 is 0. The molecular formula is C31H46O13. The molecule has 0 saturated carbocycles. The van der Waals surface area contributed by atoms with Gasteiger partial charge in [-0.1, -0.05) is 27.2 Å². The maximum absolute atomic E-state index is 12.5. The number of unbranched alkanes of at least 4 members (excludes halogenated alkanes) is 3. The highest BCUT2D eigenvalue weighted by molar-refractivity contribution is 5.81. The highest BCUT2D eigenvalue weighted by Gasteiger charge is 2.37. The lowest BCUT2D eigenvalue weighted by Gasteiger charge is -2.35. The van der Waals surface area contributed by atoms with Crippen LogP contribution in [0.25, 0.3) is 0 Å². The molecule has 0 bridgehead atoms. The van der Waals surface area contributed by atoms with Crippen molar-refractivity contribution in [3.8, 4) is 0 Å². The maximum Gasteiger partial charge on any atom is 0.330 e. The van der Waals surface area contributed by atoms with E-state index in [1.165, 1.54) is 0 Å². The van der Waals surface area contributed by atoms with E-state index in [2.05, 4.69) is 19.7 Å². The van der Waals surface area contributed by atoms with Crippen LogP contribution in [0, 0.1) is 0 Å². The molecule has 13 nitrogen and oxygen atoms in total. The lowest BCUT2D eigenvalue weighted by Crippen LogP contribution is -2.47. The van der Waals surface area contributed by atoms with E-state index in [0.29, 0.717) is 38.5 Å². The molecule has 0 radical (unpaired) electrons. The summed E-state index contributed by atoms with van der Waals surface area (Å²) in [6, 6.07) is 0. The Labute approximate surface area is 258 Å². The summed E-state index contributed by atoms with van der Waals surface area (Å²) < 4.78 is 36.8. The van der Waals surface area contributed by atoms with Crippen molar-refractivity contribution in [3.05, 3.63) is 38.0 Å². The molecule has 13 heteroatoms. The van der Waals surface area contributed by atoms with Crippen LogP contribution in [0.4, 0.5) is 0 Å². The molecule has 248 valence electrons. The van der Waals surface area contributed by atoms with Crippen molar-refractivity contribution >= 4 is 35.8 Å². The van der Waals surface area contributed by atoms with Crippen molar-refractivity contribution in [3.63, 3.8) is 0 Å². The van der Waals surface area contributed by atoms with Gasteiger partial charge in [0.05, 0.1) is 32.5 Å². The Hall–Kier alpha value is -4.00. The quantitative estimate of drug-likeness (QED) is 0.0742. The molecule has 1 fully saturated rings. The Balaban J connectivity index is 0.0000185. The molecule has 1 rings (SSSR count). The van der Waals surface area contributed by atoms with E-state index in [4.69, 9.17) is 33.2 Å². The number of hydrogen-bond acceptors (Lipinski definition) is 13. The van der Waals surface area contributed by atoms with Crippen molar-refractivity contribution in [2.75, 3.05) is 33.0 Å². The molecule has 1 aliphatic rings. The molecule has 3 atom stereocenters. The molecule has 0 spiro atoms. The number of hydrogen-bond donors (Lipinski definition) is 0. The fraction of sp³-hybridized carbons (Fsp3) is 0.613. The smallest absolute Gasteiger partial charge is 0.330 e.